The molecule has 0 bridgehead atoms. The lowest BCUT2D eigenvalue weighted by Crippen LogP contribution is -2.36. The lowest BCUT2D eigenvalue weighted by Gasteiger charge is -2.25. The second-order valence-corrected chi connectivity index (χ2v) is 5.42. The molecule has 1 atom stereocenters. The number of benzene rings is 2. The maximum Gasteiger partial charge on any atom is 0.270 e. The first-order valence-electron chi connectivity index (χ1n) is 7.34. The topological polar surface area (TPSA) is 81.5 Å². The van der Waals surface area contributed by atoms with Crippen LogP contribution in [0.1, 0.15) is 21.5 Å². The summed E-state index contributed by atoms with van der Waals surface area (Å²) in [6.07, 6.45) is 0.651. The minimum atomic E-state index is -0.516. The van der Waals surface area contributed by atoms with Crippen LogP contribution in [0.2, 0.25) is 0 Å². The van der Waals surface area contributed by atoms with Crippen LogP contribution >= 0.6 is 0 Å². The van der Waals surface area contributed by atoms with Gasteiger partial charge in [0.15, 0.2) is 0 Å². The van der Waals surface area contributed by atoms with Crippen molar-refractivity contribution in [1.29, 1.82) is 0 Å². The summed E-state index contributed by atoms with van der Waals surface area (Å²) in [5.74, 6) is -0.337. The Hall–Kier alpha value is -2.73. The minimum Gasteiger partial charge on any atom is -0.371 e. The molecule has 1 aliphatic heterocycles. The largest absolute Gasteiger partial charge is 0.371 e. The van der Waals surface area contributed by atoms with Crippen LogP contribution in [0.5, 0.6) is 0 Å². The third kappa shape index (κ3) is 3.54. The summed E-state index contributed by atoms with van der Waals surface area (Å²) < 4.78 is 5.73. The molecule has 3 rings (SSSR count). The monoisotopic (exact) mass is 312 g/mol. The van der Waals surface area contributed by atoms with Crippen molar-refractivity contribution in [2.24, 2.45) is 0 Å². The Kier molecular flexibility index (Phi) is 4.34. The highest BCUT2D eigenvalue weighted by molar-refractivity contribution is 5.94. The van der Waals surface area contributed by atoms with Crippen molar-refractivity contribution in [3.05, 3.63) is 75.3 Å². The molecule has 1 aliphatic rings. The van der Waals surface area contributed by atoms with Crippen molar-refractivity contribution in [3.8, 4) is 0 Å². The first-order valence-corrected chi connectivity index (χ1v) is 7.34. The van der Waals surface area contributed by atoms with Crippen LogP contribution in [-0.2, 0) is 17.8 Å². The van der Waals surface area contributed by atoms with Crippen LogP contribution in [0, 0.1) is 10.1 Å². The molecule has 0 fully saturated rings. The molecular formula is C17H16N2O4. The number of hydrogen-bond acceptors (Lipinski definition) is 4. The third-order valence-electron chi connectivity index (χ3n) is 3.85. The quantitative estimate of drug-likeness (QED) is 0.694. The molecule has 0 saturated carbocycles. The highest BCUT2D eigenvalue weighted by atomic mass is 16.6. The van der Waals surface area contributed by atoms with Gasteiger partial charge in [0.1, 0.15) is 0 Å². The van der Waals surface area contributed by atoms with E-state index in [1.807, 2.05) is 18.2 Å². The number of ether oxygens (including phenoxy) is 1. The first-order chi connectivity index (χ1) is 11.1. The molecule has 118 valence electrons. The molecule has 1 unspecified atom stereocenters. The van der Waals surface area contributed by atoms with E-state index in [4.69, 9.17) is 4.74 Å². The number of rotatable bonds is 4. The zero-order valence-electron chi connectivity index (χ0n) is 12.4. The fourth-order valence-corrected chi connectivity index (χ4v) is 2.61. The molecule has 2 aromatic carbocycles. The SMILES string of the molecule is O=C(NCC1Cc2ccccc2CO1)c1cccc([N+](=O)[O-])c1. The molecule has 0 radical (unpaired) electrons. The normalized spacial score (nSPS) is 16.4. The molecule has 2 aromatic rings. The Labute approximate surface area is 133 Å². The van der Waals surface area contributed by atoms with Crippen LogP contribution in [0.25, 0.3) is 0 Å². The van der Waals surface area contributed by atoms with Gasteiger partial charge in [-0.05, 0) is 17.2 Å². The van der Waals surface area contributed by atoms with E-state index < -0.39 is 4.92 Å². The number of nitrogens with zero attached hydrogens (tertiary/aromatic N) is 1. The van der Waals surface area contributed by atoms with Crippen molar-refractivity contribution in [3.63, 3.8) is 0 Å². The Morgan fingerprint density at radius 1 is 1.22 bits per heavy atom. The maximum atomic E-state index is 12.1. The predicted molar refractivity (Wildman–Crippen MR) is 84.2 cm³/mol. The van der Waals surface area contributed by atoms with Gasteiger partial charge in [0.05, 0.1) is 17.6 Å². The second kappa shape index (κ2) is 6.58. The molecule has 0 aliphatic carbocycles. The number of nitrogens with one attached hydrogen (secondary N) is 1. The highest BCUT2D eigenvalue weighted by Crippen LogP contribution is 2.20. The average molecular weight is 312 g/mol. The predicted octanol–water partition coefficient (Wildman–Crippen LogP) is 2.47. The standard InChI is InChI=1S/C17H16N2O4/c20-17(13-6-3-7-15(8-13)19(21)22)18-10-16-9-12-4-1-2-5-14(12)11-23-16/h1-8,16H,9-11H2,(H,18,20). The molecule has 6 nitrogen and oxygen atoms in total. The van der Waals surface area contributed by atoms with Crippen molar-refractivity contribution in [2.45, 2.75) is 19.1 Å². The van der Waals surface area contributed by atoms with Crippen LogP contribution in [0.4, 0.5) is 5.69 Å². The van der Waals surface area contributed by atoms with Crippen molar-refractivity contribution < 1.29 is 14.5 Å². The molecule has 0 spiro atoms. The Morgan fingerprint density at radius 3 is 2.78 bits per heavy atom. The molecule has 23 heavy (non-hydrogen) atoms. The molecule has 1 N–H and O–H groups in total. The van der Waals surface area contributed by atoms with Crippen molar-refractivity contribution in [1.82, 2.24) is 5.32 Å². The van der Waals surface area contributed by atoms with Crippen LogP contribution in [0.3, 0.4) is 0 Å². The molecule has 1 amide bonds. The summed E-state index contributed by atoms with van der Waals surface area (Å²) in [6.45, 7) is 0.906. The Bertz CT molecular complexity index is 745. The van der Waals surface area contributed by atoms with E-state index in [9.17, 15) is 14.9 Å². The fraction of sp³-hybridized carbons (Fsp3) is 0.235. The number of nitro groups is 1. The van der Waals surface area contributed by atoms with E-state index in [0.29, 0.717) is 13.2 Å². The van der Waals surface area contributed by atoms with E-state index >= 15 is 0 Å². The van der Waals surface area contributed by atoms with Gasteiger partial charge in [0.25, 0.3) is 11.6 Å². The van der Waals surface area contributed by atoms with Gasteiger partial charge in [-0.3, -0.25) is 14.9 Å². The molecule has 1 heterocycles. The summed E-state index contributed by atoms with van der Waals surface area (Å²) in [6, 6.07) is 13.8. The molecule has 0 aromatic heterocycles. The Balaban J connectivity index is 1.60. The molecule has 6 heteroatoms. The lowest BCUT2D eigenvalue weighted by atomic mass is 9.99. The summed E-state index contributed by atoms with van der Waals surface area (Å²) in [5.41, 5.74) is 2.58. The van der Waals surface area contributed by atoms with Gasteiger partial charge in [-0.15, -0.1) is 0 Å². The van der Waals surface area contributed by atoms with E-state index in [0.717, 1.165) is 6.42 Å². The summed E-state index contributed by atoms with van der Waals surface area (Å²) in [5, 5.41) is 13.5. The van der Waals surface area contributed by atoms with E-state index in [-0.39, 0.29) is 23.3 Å². The van der Waals surface area contributed by atoms with Gasteiger partial charge in [-0.25, -0.2) is 0 Å². The average Bonchev–Trinajstić information content (AvgIpc) is 2.59. The van der Waals surface area contributed by atoms with Gasteiger partial charge >= 0.3 is 0 Å². The summed E-state index contributed by atoms with van der Waals surface area (Å²) in [4.78, 5) is 22.4. The smallest absolute Gasteiger partial charge is 0.270 e. The first kappa shape index (κ1) is 15.2. The van der Waals surface area contributed by atoms with Crippen molar-refractivity contribution in [2.75, 3.05) is 6.54 Å². The number of hydrogen-bond donors (Lipinski definition) is 1. The van der Waals surface area contributed by atoms with Crippen LogP contribution < -0.4 is 5.32 Å². The number of fused-ring (bicyclic) bond motifs is 1. The number of carbonyl (C=O) groups is 1. The number of non-ortho nitro benzene ring substituents is 1. The lowest BCUT2D eigenvalue weighted by molar-refractivity contribution is -0.384. The third-order valence-corrected chi connectivity index (χ3v) is 3.85. The van der Waals surface area contributed by atoms with Gasteiger partial charge in [-0.1, -0.05) is 30.3 Å². The number of amides is 1. The van der Waals surface area contributed by atoms with Gasteiger partial charge in [0, 0.05) is 30.7 Å². The van der Waals surface area contributed by atoms with Gasteiger partial charge < -0.3 is 10.1 Å². The van der Waals surface area contributed by atoms with Crippen LogP contribution in [-0.4, -0.2) is 23.5 Å². The van der Waals surface area contributed by atoms with Gasteiger partial charge in [-0.2, -0.15) is 0 Å². The summed E-state index contributed by atoms with van der Waals surface area (Å²) in [7, 11) is 0. The zero-order chi connectivity index (χ0) is 16.2. The van der Waals surface area contributed by atoms with E-state index in [1.54, 1.807) is 6.07 Å². The van der Waals surface area contributed by atoms with E-state index in [1.165, 1.54) is 29.3 Å². The van der Waals surface area contributed by atoms with Crippen LogP contribution in [0.15, 0.2) is 48.5 Å². The highest BCUT2D eigenvalue weighted by Gasteiger charge is 2.20. The fourth-order valence-electron chi connectivity index (χ4n) is 2.61. The number of carbonyl (C=O) groups excluding carboxylic acids is 1. The minimum absolute atomic E-state index is 0.0902. The summed E-state index contributed by atoms with van der Waals surface area (Å²) >= 11 is 0. The number of nitro benzene ring substituents is 1. The Morgan fingerprint density at radius 2 is 2.00 bits per heavy atom. The zero-order valence-corrected chi connectivity index (χ0v) is 12.4. The van der Waals surface area contributed by atoms with E-state index in [2.05, 4.69) is 11.4 Å². The van der Waals surface area contributed by atoms with Crippen molar-refractivity contribution >= 4 is 11.6 Å². The second-order valence-electron chi connectivity index (χ2n) is 5.42. The molecule has 0 saturated heterocycles. The molecular weight excluding hydrogens is 296 g/mol. The maximum absolute atomic E-state index is 12.1. The van der Waals surface area contributed by atoms with Gasteiger partial charge in [0.2, 0.25) is 0 Å².